The number of carboxylic acid groups (broad SMARTS) is 1. The molecule has 0 bridgehead atoms. The van der Waals surface area contributed by atoms with Crippen LogP contribution in [-0.2, 0) is 28.0 Å². The molecular formula is C30H27ClN6O3S. The van der Waals surface area contributed by atoms with Crippen LogP contribution < -0.4 is 11.1 Å². The molecule has 0 saturated carbocycles. The molecule has 0 aliphatic carbocycles. The Morgan fingerprint density at radius 2 is 1.90 bits per heavy atom. The first kappa shape index (κ1) is 26.9. The fourth-order valence-electron chi connectivity index (χ4n) is 6.01. The van der Waals surface area contributed by atoms with Gasteiger partial charge < -0.3 is 16.2 Å². The van der Waals surface area contributed by atoms with E-state index in [0.717, 1.165) is 27.4 Å². The summed E-state index contributed by atoms with van der Waals surface area (Å²) in [5.74, 6) is -2.07. The lowest BCUT2D eigenvalue weighted by Gasteiger charge is -2.42. The molecule has 0 saturated heterocycles. The van der Waals surface area contributed by atoms with Crippen molar-refractivity contribution in [3.8, 4) is 5.00 Å². The topological polar surface area (TPSA) is 135 Å². The van der Waals surface area contributed by atoms with E-state index in [9.17, 15) is 14.7 Å². The summed E-state index contributed by atoms with van der Waals surface area (Å²) >= 11 is 8.20. The van der Waals surface area contributed by atoms with Crippen LogP contribution in [0.25, 0.3) is 5.00 Å². The van der Waals surface area contributed by atoms with Crippen LogP contribution >= 0.6 is 22.9 Å². The standard InChI is InChI=1S/C30H27ClN6O3S/c1-3-16-13-18-25(17-9-5-7-11-22(17)31)34-15-24-35-36-29(37(24)27(18)41-16)30(19(4-2)28(39)40)20-10-6-8-12-23(20)33-14-21(30)26(32)38/h5-14,19,33H,3-4,15H2,1-2H3,(H2,32,38)(H,39,40)/t19?,30-/m1/s1. The van der Waals surface area contributed by atoms with Crippen molar-refractivity contribution in [2.45, 2.75) is 38.6 Å². The van der Waals surface area contributed by atoms with Gasteiger partial charge in [-0.3, -0.25) is 19.1 Å². The molecule has 4 aromatic rings. The van der Waals surface area contributed by atoms with E-state index < -0.39 is 23.2 Å². The minimum absolute atomic E-state index is 0.103. The average molecular weight is 587 g/mol. The zero-order chi connectivity index (χ0) is 28.9. The quantitative estimate of drug-likeness (QED) is 0.276. The van der Waals surface area contributed by atoms with Gasteiger partial charge in [0.15, 0.2) is 11.6 Å². The minimum Gasteiger partial charge on any atom is -0.481 e. The summed E-state index contributed by atoms with van der Waals surface area (Å²) in [4.78, 5) is 32.2. The fraction of sp³-hybridized carbons (Fsp3) is 0.233. The van der Waals surface area contributed by atoms with Crippen LogP contribution in [0.3, 0.4) is 0 Å². The Labute approximate surface area is 245 Å². The molecule has 1 amide bonds. The van der Waals surface area contributed by atoms with E-state index in [4.69, 9.17) is 22.3 Å². The third-order valence-corrected chi connectivity index (χ3v) is 9.40. The molecule has 208 valence electrons. The number of anilines is 1. The van der Waals surface area contributed by atoms with Crippen LogP contribution in [0.4, 0.5) is 5.69 Å². The Morgan fingerprint density at radius 3 is 2.61 bits per heavy atom. The Morgan fingerprint density at radius 1 is 1.15 bits per heavy atom. The summed E-state index contributed by atoms with van der Waals surface area (Å²) in [5, 5.41) is 24.3. The molecule has 0 spiro atoms. The number of carbonyl (C=O) groups is 2. The van der Waals surface area contributed by atoms with Gasteiger partial charge in [0, 0.05) is 32.9 Å². The highest BCUT2D eigenvalue weighted by Crippen LogP contribution is 2.52. The summed E-state index contributed by atoms with van der Waals surface area (Å²) in [6.07, 6.45) is 2.49. The number of nitrogens with zero attached hydrogens (tertiary/aromatic N) is 4. The van der Waals surface area contributed by atoms with Crippen LogP contribution in [0.2, 0.25) is 5.02 Å². The number of aryl methyl sites for hydroxylation is 1. The van der Waals surface area contributed by atoms with Crippen molar-refractivity contribution in [2.24, 2.45) is 16.6 Å². The van der Waals surface area contributed by atoms with E-state index in [1.54, 1.807) is 18.3 Å². The van der Waals surface area contributed by atoms with E-state index in [-0.39, 0.29) is 18.5 Å². The van der Waals surface area contributed by atoms with Gasteiger partial charge in [0.1, 0.15) is 17.0 Å². The second-order valence-electron chi connectivity index (χ2n) is 9.92. The van der Waals surface area contributed by atoms with E-state index >= 15 is 0 Å². The number of nitrogens with two attached hydrogens (primary N) is 1. The molecule has 4 N–H and O–H groups in total. The zero-order valence-corrected chi connectivity index (χ0v) is 24.0. The summed E-state index contributed by atoms with van der Waals surface area (Å²) in [6.45, 7) is 4.03. The van der Waals surface area contributed by atoms with Crippen LogP contribution in [0, 0.1) is 5.92 Å². The lowest BCUT2D eigenvalue weighted by atomic mass is 9.62. The lowest BCUT2D eigenvalue weighted by molar-refractivity contribution is -0.143. The second-order valence-corrected chi connectivity index (χ2v) is 11.4. The van der Waals surface area contributed by atoms with Gasteiger partial charge in [-0.25, -0.2) is 0 Å². The highest BCUT2D eigenvalue weighted by atomic mass is 35.5. The number of aliphatic imine (C=N–C) groups is 1. The average Bonchev–Trinajstić information content (AvgIpc) is 3.55. The molecule has 0 radical (unpaired) electrons. The van der Waals surface area contributed by atoms with Crippen molar-refractivity contribution in [1.82, 2.24) is 14.8 Å². The number of carbonyl (C=O) groups excluding carboxylic acids is 1. The summed E-state index contributed by atoms with van der Waals surface area (Å²) in [6, 6.07) is 17.0. The van der Waals surface area contributed by atoms with Crippen molar-refractivity contribution in [3.63, 3.8) is 0 Å². The number of aromatic nitrogens is 3. The van der Waals surface area contributed by atoms with Crippen molar-refractivity contribution in [3.05, 3.63) is 105 Å². The third-order valence-electron chi connectivity index (χ3n) is 7.80. The molecule has 6 rings (SSSR count). The largest absolute Gasteiger partial charge is 0.481 e. The highest BCUT2D eigenvalue weighted by molar-refractivity contribution is 7.15. The van der Waals surface area contributed by atoms with Gasteiger partial charge >= 0.3 is 5.97 Å². The van der Waals surface area contributed by atoms with Gasteiger partial charge in [0.25, 0.3) is 0 Å². The van der Waals surface area contributed by atoms with Crippen LogP contribution in [-0.4, -0.2) is 37.5 Å². The highest BCUT2D eigenvalue weighted by Gasteiger charge is 2.56. The van der Waals surface area contributed by atoms with E-state index in [1.807, 2.05) is 53.1 Å². The fourth-order valence-corrected chi connectivity index (χ4v) is 7.36. The summed E-state index contributed by atoms with van der Waals surface area (Å²) in [7, 11) is 0. The number of rotatable bonds is 7. The number of benzene rings is 2. The van der Waals surface area contributed by atoms with Gasteiger partial charge in [-0.05, 0) is 36.6 Å². The monoisotopic (exact) mass is 586 g/mol. The SMILES string of the molecule is CCc1cc2c(s1)-n1c(nnc1[C@@]1(C(CC)C(=O)O)C(C(N)=O)=CNc3ccccc31)CN=C2c1ccccc1Cl. The number of primary amides is 1. The Bertz CT molecular complexity index is 1770. The zero-order valence-electron chi connectivity index (χ0n) is 22.4. The van der Waals surface area contributed by atoms with Crippen molar-refractivity contribution in [1.29, 1.82) is 0 Å². The molecule has 9 nitrogen and oxygen atoms in total. The first-order valence-corrected chi connectivity index (χ1v) is 14.5. The normalized spacial score (nSPS) is 18.1. The van der Waals surface area contributed by atoms with E-state index in [1.165, 1.54) is 6.20 Å². The number of nitrogens with one attached hydrogen (secondary N) is 1. The molecule has 1 unspecified atom stereocenters. The minimum atomic E-state index is -1.54. The van der Waals surface area contributed by atoms with Gasteiger partial charge in [0.05, 0.1) is 17.2 Å². The molecule has 2 aliphatic heterocycles. The van der Waals surface area contributed by atoms with Crippen LogP contribution in [0.5, 0.6) is 0 Å². The summed E-state index contributed by atoms with van der Waals surface area (Å²) in [5.41, 5.74) is 8.16. The van der Waals surface area contributed by atoms with Crippen molar-refractivity contribution >= 4 is 46.2 Å². The first-order chi connectivity index (χ1) is 19.8. The van der Waals surface area contributed by atoms with Gasteiger partial charge in [-0.1, -0.05) is 61.8 Å². The van der Waals surface area contributed by atoms with E-state index in [0.29, 0.717) is 33.6 Å². The molecule has 2 aromatic carbocycles. The number of halogens is 1. The maximum absolute atomic E-state index is 13.2. The molecule has 2 aromatic heterocycles. The maximum Gasteiger partial charge on any atom is 0.308 e. The predicted octanol–water partition coefficient (Wildman–Crippen LogP) is 5.09. The van der Waals surface area contributed by atoms with Crippen LogP contribution in [0.15, 0.2) is 71.4 Å². The molecule has 2 aliphatic rings. The number of fused-ring (bicyclic) bond motifs is 4. The first-order valence-electron chi connectivity index (χ1n) is 13.3. The second kappa shape index (κ2) is 10.3. The number of hydrogen-bond donors (Lipinski definition) is 3. The number of para-hydroxylation sites is 1. The third kappa shape index (κ3) is 4.00. The predicted molar refractivity (Wildman–Crippen MR) is 159 cm³/mol. The van der Waals surface area contributed by atoms with Crippen molar-refractivity contribution in [2.75, 3.05) is 5.32 Å². The number of carboxylic acids is 1. The molecule has 4 heterocycles. The molecular weight excluding hydrogens is 560 g/mol. The Balaban J connectivity index is 1.71. The van der Waals surface area contributed by atoms with Crippen LogP contribution in [0.1, 0.15) is 53.5 Å². The molecule has 41 heavy (non-hydrogen) atoms. The van der Waals surface area contributed by atoms with E-state index in [2.05, 4.69) is 28.5 Å². The van der Waals surface area contributed by atoms with Crippen molar-refractivity contribution < 1.29 is 14.7 Å². The lowest BCUT2D eigenvalue weighted by Crippen LogP contribution is -2.49. The Hall–Kier alpha value is -4.28. The summed E-state index contributed by atoms with van der Waals surface area (Å²) < 4.78 is 1.89. The van der Waals surface area contributed by atoms with Gasteiger partial charge in [0.2, 0.25) is 5.91 Å². The number of aliphatic carboxylic acids is 1. The molecule has 0 fully saturated rings. The Kier molecular flexibility index (Phi) is 6.75. The number of thiophene rings is 1. The molecule has 2 atom stereocenters. The number of hydrogen-bond acceptors (Lipinski definition) is 7. The van der Waals surface area contributed by atoms with Gasteiger partial charge in [-0.2, -0.15) is 0 Å². The van der Waals surface area contributed by atoms with Gasteiger partial charge in [-0.15, -0.1) is 21.5 Å². The smallest absolute Gasteiger partial charge is 0.308 e. The number of amides is 1. The maximum atomic E-state index is 13.2. The molecule has 11 heteroatoms.